The van der Waals surface area contributed by atoms with E-state index in [-0.39, 0.29) is 11.3 Å². The predicted molar refractivity (Wildman–Crippen MR) is 104 cm³/mol. The van der Waals surface area contributed by atoms with Gasteiger partial charge in [0.2, 0.25) is 5.72 Å². The molecule has 0 amide bonds. The van der Waals surface area contributed by atoms with E-state index in [9.17, 15) is 9.59 Å². The first kappa shape index (κ1) is 17.2. The van der Waals surface area contributed by atoms with E-state index >= 15 is 0 Å². The van der Waals surface area contributed by atoms with Crippen LogP contribution >= 0.6 is 11.3 Å². The number of Topliss-reactive ketones (excluding diaryl/α,β-unsaturated/α-hetero) is 1. The first-order valence-electron chi connectivity index (χ1n) is 9.05. The van der Waals surface area contributed by atoms with Crippen LogP contribution in [0.25, 0.3) is 6.08 Å². The highest BCUT2D eigenvalue weighted by atomic mass is 32.1. The highest BCUT2D eigenvalue weighted by Gasteiger charge is 2.53. The molecule has 0 spiro atoms. The number of fused-ring (bicyclic) bond motifs is 6. The number of carbonyl (C=O) groups excluding carboxylic acids is 1. The van der Waals surface area contributed by atoms with Gasteiger partial charge in [0, 0.05) is 11.6 Å². The summed E-state index contributed by atoms with van der Waals surface area (Å²) in [5, 5.41) is 0. The van der Waals surface area contributed by atoms with Crippen LogP contribution in [0.2, 0.25) is 0 Å². The largest absolute Gasteiger partial charge is 0.465 e. The second kappa shape index (κ2) is 5.78. The first-order chi connectivity index (χ1) is 13.4. The van der Waals surface area contributed by atoms with E-state index in [1.54, 1.807) is 10.6 Å². The van der Waals surface area contributed by atoms with Crippen LogP contribution < -0.4 is 19.6 Å². The number of hydrogen-bond donors (Lipinski definition) is 0. The maximum atomic E-state index is 13.3. The van der Waals surface area contributed by atoms with Crippen LogP contribution in [0.5, 0.6) is 5.75 Å². The van der Waals surface area contributed by atoms with Crippen molar-refractivity contribution in [1.82, 2.24) is 4.57 Å². The van der Waals surface area contributed by atoms with Gasteiger partial charge in [-0.3, -0.25) is 14.2 Å². The zero-order valence-corrected chi connectivity index (χ0v) is 16.4. The molecule has 4 heterocycles. The minimum Gasteiger partial charge on any atom is -0.465 e. The number of rotatable bonds is 2. The Morgan fingerprint density at radius 1 is 1.29 bits per heavy atom. The Morgan fingerprint density at radius 3 is 2.79 bits per heavy atom. The quantitative estimate of drug-likeness (QED) is 0.668. The van der Waals surface area contributed by atoms with Crippen LogP contribution in [0.15, 0.2) is 50.6 Å². The Bertz CT molecular complexity index is 1300. The van der Waals surface area contributed by atoms with Gasteiger partial charge in [-0.1, -0.05) is 29.5 Å². The third-order valence-corrected chi connectivity index (χ3v) is 6.34. The number of hydrogen-bond acceptors (Lipinski definition) is 6. The van der Waals surface area contributed by atoms with Crippen LogP contribution in [0.3, 0.4) is 0 Å². The van der Waals surface area contributed by atoms with Gasteiger partial charge in [0.05, 0.1) is 10.6 Å². The Morgan fingerprint density at radius 2 is 2.07 bits per heavy atom. The molecule has 0 saturated heterocycles. The van der Waals surface area contributed by atoms with Crippen molar-refractivity contribution < 1.29 is 13.9 Å². The monoisotopic (exact) mass is 394 g/mol. The van der Waals surface area contributed by atoms with E-state index in [0.29, 0.717) is 20.8 Å². The summed E-state index contributed by atoms with van der Waals surface area (Å²) in [5.41, 5.74) is -0.384. The van der Waals surface area contributed by atoms with Crippen molar-refractivity contribution in [3.05, 3.63) is 73.2 Å². The molecule has 0 aliphatic carbocycles. The lowest BCUT2D eigenvalue weighted by atomic mass is 9.79. The summed E-state index contributed by atoms with van der Waals surface area (Å²) in [5.74, 6) is 1.43. The van der Waals surface area contributed by atoms with Crippen molar-refractivity contribution in [1.29, 1.82) is 0 Å². The van der Waals surface area contributed by atoms with E-state index in [2.05, 4.69) is 0 Å². The fraction of sp³-hybridized carbons (Fsp3) is 0.286. The molecule has 2 aromatic heterocycles. The average Bonchev–Trinajstić information content (AvgIpc) is 3.16. The Kier molecular flexibility index (Phi) is 3.55. The van der Waals surface area contributed by atoms with E-state index < -0.39 is 17.7 Å². The van der Waals surface area contributed by atoms with Crippen LogP contribution in [-0.2, 0) is 4.79 Å². The lowest BCUT2D eigenvalue weighted by molar-refractivity contribution is -0.132. The minimum atomic E-state index is -1.04. The highest BCUT2D eigenvalue weighted by Crippen LogP contribution is 2.47. The second-order valence-corrected chi connectivity index (χ2v) is 8.37. The molecule has 5 rings (SSSR count). The number of benzene rings is 1. The Hall–Kier alpha value is -2.93. The molecular weight excluding hydrogens is 376 g/mol. The molecule has 2 aliphatic heterocycles. The van der Waals surface area contributed by atoms with Gasteiger partial charge in [-0.25, -0.2) is 4.99 Å². The molecule has 2 aliphatic rings. The van der Waals surface area contributed by atoms with Gasteiger partial charge >= 0.3 is 0 Å². The molecule has 3 atom stereocenters. The number of ketones is 1. The van der Waals surface area contributed by atoms with Crippen LogP contribution in [-0.4, -0.2) is 16.1 Å². The van der Waals surface area contributed by atoms with E-state index in [4.69, 9.17) is 14.1 Å². The summed E-state index contributed by atoms with van der Waals surface area (Å²) in [6, 6.07) is 10.8. The fourth-order valence-electron chi connectivity index (χ4n) is 4.22. The summed E-state index contributed by atoms with van der Waals surface area (Å²) in [4.78, 5) is 31.1. The van der Waals surface area contributed by atoms with Crippen molar-refractivity contribution in [2.75, 3.05) is 0 Å². The molecule has 0 unspecified atom stereocenters. The van der Waals surface area contributed by atoms with Crippen molar-refractivity contribution >= 4 is 23.2 Å². The molecule has 1 aromatic carbocycles. The number of aryl methyl sites for hydroxylation is 1. The molecule has 7 heteroatoms. The molecule has 28 heavy (non-hydrogen) atoms. The van der Waals surface area contributed by atoms with Gasteiger partial charge < -0.3 is 9.15 Å². The third-order valence-electron chi connectivity index (χ3n) is 5.35. The Labute approximate surface area is 164 Å². The maximum Gasteiger partial charge on any atom is 0.271 e. The average molecular weight is 394 g/mol. The topological polar surface area (TPSA) is 73.8 Å². The minimum absolute atomic E-state index is 0.0540. The van der Waals surface area contributed by atoms with Crippen LogP contribution in [0.1, 0.15) is 37.0 Å². The molecule has 142 valence electrons. The number of furan rings is 1. The van der Waals surface area contributed by atoms with Gasteiger partial charge in [-0.15, -0.1) is 0 Å². The number of carbonyl (C=O) groups is 1. The van der Waals surface area contributed by atoms with E-state index in [1.807, 2.05) is 50.2 Å². The highest BCUT2D eigenvalue weighted by molar-refractivity contribution is 7.07. The zero-order valence-electron chi connectivity index (χ0n) is 15.6. The number of aromatic nitrogens is 1. The zero-order chi connectivity index (χ0) is 19.6. The van der Waals surface area contributed by atoms with E-state index in [1.165, 1.54) is 18.3 Å². The summed E-state index contributed by atoms with van der Waals surface area (Å²) in [6.45, 7) is 5.20. The summed E-state index contributed by atoms with van der Waals surface area (Å²) < 4.78 is 13.9. The molecule has 0 N–H and O–H groups in total. The lowest BCUT2D eigenvalue weighted by Crippen LogP contribution is -2.58. The second-order valence-electron chi connectivity index (χ2n) is 7.36. The SMILES string of the molecule is CC(=O)[C@@H]1[C@H]2c3ccccc3O[C@@]1(C)N=c1sc(=Cc3ccc(C)o3)c(=O)n12. The predicted octanol–water partition coefficient (Wildman–Crippen LogP) is 2.18. The molecule has 0 saturated carbocycles. The van der Waals surface area contributed by atoms with Gasteiger partial charge in [0.1, 0.15) is 29.0 Å². The number of nitrogens with zero attached hydrogens (tertiary/aromatic N) is 2. The molecule has 2 bridgehead atoms. The van der Waals surface area contributed by atoms with Crippen molar-refractivity contribution in [2.24, 2.45) is 10.9 Å². The first-order valence-corrected chi connectivity index (χ1v) is 9.87. The summed E-state index contributed by atoms with van der Waals surface area (Å²) >= 11 is 1.29. The van der Waals surface area contributed by atoms with Crippen molar-refractivity contribution in [3.8, 4) is 5.75 Å². The van der Waals surface area contributed by atoms with Gasteiger partial charge in [-0.05, 0) is 39.0 Å². The molecule has 3 aromatic rings. The van der Waals surface area contributed by atoms with Crippen LogP contribution in [0.4, 0.5) is 0 Å². The number of para-hydroxylation sites is 1. The molecule has 0 radical (unpaired) electrons. The normalized spacial score (nSPS) is 25.5. The van der Waals surface area contributed by atoms with Crippen LogP contribution in [0, 0.1) is 12.8 Å². The van der Waals surface area contributed by atoms with Gasteiger partial charge in [0.25, 0.3) is 5.56 Å². The maximum absolute atomic E-state index is 13.3. The standard InChI is InChI=1S/C21H18N2O4S/c1-11-8-9-13(26-11)10-16-19(25)23-18-14-6-4-5-7-15(14)27-21(3,17(18)12(2)24)22-20(23)28-16/h4-10,17-18H,1-3H3/t17-,18-,21-/m1/s1. The molecule has 6 nitrogen and oxygen atoms in total. The molecular formula is C21H18N2O4S. The Balaban J connectivity index is 1.82. The summed E-state index contributed by atoms with van der Waals surface area (Å²) in [7, 11) is 0. The lowest BCUT2D eigenvalue weighted by Gasteiger charge is -2.45. The fourth-order valence-corrected chi connectivity index (χ4v) is 5.30. The van der Waals surface area contributed by atoms with Crippen molar-refractivity contribution in [3.63, 3.8) is 0 Å². The molecule has 0 fully saturated rings. The van der Waals surface area contributed by atoms with Gasteiger partial charge in [-0.2, -0.15) is 0 Å². The summed E-state index contributed by atoms with van der Waals surface area (Å²) in [6.07, 6.45) is 1.72. The van der Waals surface area contributed by atoms with Gasteiger partial charge in [0.15, 0.2) is 4.80 Å². The van der Waals surface area contributed by atoms with E-state index in [0.717, 1.165) is 11.3 Å². The third kappa shape index (κ3) is 2.36. The smallest absolute Gasteiger partial charge is 0.271 e. The van der Waals surface area contributed by atoms with Crippen molar-refractivity contribution in [2.45, 2.75) is 32.5 Å². The number of ether oxygens (including phenoxy) is 1. The number of thiazole rings is 1.